The maximum Gasteiger partial charge on any atom is 0.319 e. The molecule has 13 heteroatoms. The molecule has 4 fully saturated rings. The van der Waals surface area contributed by atoms with E-state index in [0.717, 1.165) is 32.2 Å². The van der Waals surface area contributed by atoms with E-state index >= 15 is 8.78 Å². The summed E-state index contributed by atoms with van der Waals surface area (Å²) >= 11 is 0. The Hall–Kier alpha value is -4.10. The van der Waals surface area contributed by atoms with Gasteiger partial charge in [-0.3, -0.25) is 10.00 Å². The van der Waals surface area contributed by atoms with E-state index in [1.807, 2.05) is 0 Å². The van der Waals surface area contributed by atoms with Gasteiger partial charge in [-0.2, -0.15) is 15.1 Å². The van der Waals surface area contributed by atoms with Gasteiger partial charge in [0.05, 0.1) is 35.3 Å². The number of aromatic nitrogens is 4. The van der Waals surface area contributed by atoms with Gasteiger partial charge < -0.3 is 24.4 Å². The highest BCUT2D eigenvalue weighted by molar-refractivity contribution is 6.01. The van der Waals surface area contributed by atoms with Crippen molar-refractivity contribution in [2.45, 2.75) is 61.9 Å². The van der Waals surface area contributed by atoms with Crippen molar-refractivity contribution in [3.05, 3.63) is 42.1 Å². The van der Waals surface area contributed by atoms with Crippen LogP contribution < -0.4 is 24.4 Å². The third-order valence-electron chi connectivity index (χ3n) is 10.7. The van der Waals surface area contributed by atoms with E-state index in [-0.39, 0.29) is 65.1 Å². The lowest BCUT2D eigenvalue weighted by Gasteiger charge is -2.40. The number of alkyl halides is 1. The number of methoxy groups -OCH3 is 1. The first-order valence-electron chi connectivity index (χ1n) is 16.0. The third kappa shape index (κ3) is 4.20. The van der Waals surface area contributed by atoms with Crippen molar-refractivity contribution in [2.24, 2.45) is 0 Å². The second kappa shape index (κ2) is 10.5. The lowest BCUT2D eigenvalue weighted by molar-refractivity contribution is 0.107. The minimum Gasteiger partial charge on any atom is -0.497 e. The standard InChI is InChI=1S/C33H34F3N7O3/c1-44-19-4-5-20(22-7-9-37-41-22)21(11-19)25-27(35)29-26-30(28(25)36)45-15-24-23-6-3-18(38-23)14-43(24)31(26)40-32(39-29)46-16-33-8-2-10-42(33)13-17(34)12-33/h4-5,7,9,11,17-18,23-24,38H,2-3,6,8,10,12-16H2,1H3,(H,37,41)/t17-,18?,23?,24?,33+/m1/s1. The number of halogens is 3. The number of H-pyrrole nitrogens is 1. The molecule has 9 rings (SSSR count). The predicted octanol–water partition coefficient (Wildman–Crippen LogP) is 4.63. The third-order valence-corrected chi connectivity index (χ3v) is 10.7. The van der Waals surface area contributed by atoms with Crippen molar-refractivity contribution in [2.75, 3.05) is 44.9 Å². The van der Waals surface area contributed by atoms with E-state index in [9.17, 15) is 4.39 Å². The van der Waals surface area contributed by atoms with Gasteiger partial charge in [-0.1, -0.05) is 0 Å². The first-order valence-corrected chi connectivity index (χ1v) is 16.0. The molecule has 10 nitrogen and oxygen atoms in total. The molecular weight excluding hydrogens is 599 g/mol. The largest absolute Gasteiger partial charge is 0.497 e. The number of rotatable bonds is 6. The van der Waals surface area contributed by atoms with E-state index < -0.39 is 23.3 Å². The molecule has 2 N–H and O–H groups in total. The van der Waals surface area contributed by atoms with Gasteiger partial charge in [0.1, 0.15) is 36.5 Å². The van der Waals surface area contributed by atoms with E-state index in [1.54, 1.807) is 30.5 Å². The molecule has 7 heterocycles. The zero-order valence-corrected chi connectivity index (χ0v) is 25.4. The summed E-state index contributed by atoms with van der Waals surface area (Å²) in [6, 6.07) is 6.97. The van der Waals surface area contributed by atoms with Crippen LogP contribution in [0.5, 0.6) is 17.5 Å². The molecule has 2 bridgehead atoms. The summed E-state index contributed by atoms with van der Waals surface area (Å²) < 4.78 is 66.6. The van der Waals surface area contributed by atoms with E-state index in [0.29, 0.717) is 42.3 Å². The lowest BCUT2D eigenvalue weighted by atomic mass is 9.94. The molecule has 0 spiro atoms. The number of nitrogens with one attached hydrogen (secondary N) is 2. The number of nitrogens with zero attached hydrogens (tertiary/aromatic N) is 5. The van der Waals surface area contributed by atoms with E-state index in [2.05, 4.69) is 30.3 Å². The van der Waals surface area contributed by atoms with Gasteiger partial charge in [-0.15, -0.1) is 0 Å². The second-order valence-electron chi connectivity index (χ2n) is 13.2. The molecule has 0 amide bonds. The topological polar surface area (TPSA) is 101 Å². The van der Waals surface area contributed by atoms with Gasteiger partial charge in [0, 0.05) is 48.9 Å². The smallest absolute Gasteiger partial charge is 0.319 e. The molecule has 5 aliphatic rings. The van der Waals surface area contributed by atoms with Crippen molar-refractivity contribution in [3.63, 3.8) is 0 Å². The summed E-state index contributed by atoms with van der Waals surface area (Å²) in [6.45, 7) is 2.19. The van der Waals surface area contributed by atoms with Crippen molar-refractivity contribution in [1.82, 2.24) is 30.4 Å². The Morgan fingerprint density at radius 2 is 2.02 bits per heavy atom. The molecule has 5 aliphatic heterocycles. The number of anilines is 1. The van der Waals surface area contributed by atoms with Crippen LogP contribution in [0.25, 0.3) is 33.3 Å². The normalized spacial score (nSPS) is 28.2. The highest BCUT2D eigenvalue weighted by Gasteiger charge is 2.50. The second-order valence-corrected chi connectivity index (χ2v) is 13.2. The van der Waals surface area contributed by atoms with Crippen molar-refractivity contribution < 1.29 is 27.4 Å². The first kappa shape index (κ1) is 28.1. The van der Waals surface area contributed by atoms with Crippen LogP contribution >= 0.6 is 0 Å². The van der Waals surface area contributed by atoms with E-state index in [1.165, 1.54) is 7.11 Å². The van der Waals surface area contributed by atoms with Gasteiger partial charge in [-0.25, -0.2) is 13.2 Å². The molecule has 0 aliphatic carbocycles. The molecule has 5 atom stereocenters. The Balaban J connectivity index is 1.24. The maximum absolute atomic E-state index is 17.1. The van der Waals surface area contributed by atoms with Gasteiger partial charge >= 0.3 is 6.01 Å². The Morgan fingerprint density at radius 1 is 1.11 bits per heavy atom. The summed E-state index contributed by atoms with van der Waals surface area (Å²) in [5.41, 5.74) is 0.542. The van der Waals surface area contributed by atoms with Crippen LogP contribution in [0.1, 0.15) is 32.1 Å². The highest BCUT2D eigenvalue weighted by atomic mass is 19.1. The number of hydrogen-bond donors (Lipinski definition) is 2. The summed E-state index contributed by atoms with van der Waals surface area (Å²) in [6.07, 6.45) is 4.76. The summed E-state index contributed by atoms with van der Waals surface area (Å²) in [4.78, 5) is 13.7. The zero-order valence-electron chi connectivity index (χ0n) is 25.4. The number of piperazine rings is 1. The predicted molar refractivity (Wildman–Crippen MR) is 164 cm³/mol. The van der Waals surface area contributed by atoms with Crippen molar-refractivity contribution >= 4 is 16.7 Å². The van der Waals surface area contributed by atoms with Gasteiger partial charge in [0.2, 0.25) is 0 Å². The number of aromatic amines is 1. The molecule has 46 heavy (non-hydrogen) atoms. The number of benzene rings is 2. The lowest BCUT2D eigenvalue weighted by Crippen LogP contribution is -2.60. The Labute approximate surface area is 263 Å². The molecular formula is C33H34F3N7O3. The molecule has 240 valence electrons. The van der Waals surface area contributed by atoms with Crippen LogP contribution in [0.2, 0.25) is 0 Å². The van der Waals surface area contributed by atoms with Crippen LogP contribution in [-0.4, -0.2) is 94.9 Å². The maximum atomic E-state index is 17.1. The van der Waals surface area contributed by atoms with Crippen LogP contribution in [0.15, 0.2) is 30.5 Å². The van der Waals surface area contributed by atoms with Crippen LogP contribution in [0.3, 0.4) is 0 Å². The summed E-state index contributed by atoms with van der Waals surface area (Å²) in [5.74, 6) is -0.956. The van der Waals surface area contributed by atoms with Gasteiger partial charge in [0.15, 0.2) is 17.4 Å². The van der Waals surface area contributed by atoms with E-state index in [4.69, 9.17) is 19.2 Å². The molecule has 4 saturated heterocycles. The quantitative estimate of drug-likeness (QED) is 0.315. The molecule has 0 saturated carbocycles. The highest BCUT2D eigenvalue weighted by Crippen LogP contribution is 2.48. The minimum atomic E-state index is -0.919. The van der Waals surface area contributed by atoms with Crippen LogP contribution in [0.4, 0.5) is 19.0 Å². The SMILES string of the molecule is COc1ccc(-c2ccn[nH]2)c(-c2c(F)c3c4c(nc(OC[C@@]56CCCN5C[C@H](F)C6)nc4c2F)N2CC4CCC(N4)C2CO3)c1. The molecule has 2 aromatic carbocycles. The monoisotopic (exact) mass is 633 g/mol. The fraction of sp³-hybridized carbons (Fsp3) is 0.485. The Kier molecular flexibility index (Phi) is 6.40. The van der Waals surface area contributed by atoms with Crippen LogP contribution in [0, 0.1) is 11.6 Å². The first-order chi connectivity index (χ1) is 22.4. The zero-order chi connectivity index (χ0) is 31.2. The molecule has 2 aromatic heterocycles. The average molecular weight is 634 g/mol. The van der Waals surface area contributed by atoms with Crippen molar-refractivity contribution in [3.8, 4) is 39.9 Å². The average Bonchev–Trinajstić information content (AvgIpc) is 3.84. The van der Waals surface area contributed by atoms with Crippen LogP contribution in [-0.2, 0) is 0 Å². The fourth-order valence-electron chi connectivity index (χ4n) is 8.53. The number of fused-ring (bicyclic) bond motifs is 6. The molecule has 0 radical (unpaired) electrons. The van der Waals surface area contributed by atoms with Gasteiger partial charge in [-0.05, 0) is 56.5 Å². The summed E-state index contributed by atoms with van der Waals surface area (Å²) in [7, 11) is 1.50. The minimum absolute atomic E-state index is 0.0144. The fourth-order valence-corrected chi connectivity index (χ4v) is 8.53. The Morgan fingerprint density at radius 3 is 2.87 bits per heavy atom. The van der Waals surface area contributed by atoms with Gasteiger partial charge in [0.25, 0.3) is 0 Å². The number of ether oxygens (including phenoxy) is 3. The molecule has 3 unspecified atom stereocenters. The Bertz CT molecular complexity index is 1840. The summed E-state index contributed by atoms with van der Waals surface area (Å²) in [5, 5.41) is 10.8. The van der Waals surface area contributed by atoms with Crippen molar-refractivity contribution in [1.29, 1.82) is 0 Å². The number of hydrogen-bond acceptors (Lipinski definition) is 9. The molecule has 4 aromatic rings.